The Morgan fingerprint density at radius 3 is 2.32 bits per heavy atom. The summed E-state index contributed by atoms with van der Waals surface area (Å²) in [6.07, 6.45) is 1.39. The second-order valence-electron chi connectivity index (χ2n) is 7.95. The molecule has 0 bridgehead atoms. The highest BCUT2D eigenvalue weighted by atomic mass is 32.2. The van der Waals surface area contributed by atoms with E-state index in [9.17, 15) is 31.6 Å². The van der Waals surface area contributed by atoms with Crippen molar-refractivity contribution in [3.63, 3.8) is 0 Å². The normalized spacial score (nSPS) is 13.8. The Bertz CT molecular complexity index is 1420. The van der Waals surface area contributed by atoms with Gasteiger partial charge in [0.05, 0.1) is 17.5 Å². The molecule has 1 N–H and O–H groups in total. The molecular formula is C24H21F2N3O7S. The summed E-state index contributed by atoms with van der Waals surface area (Å²) in [4.78, 5) is 39.7. The lowest BCUT2D eigenvalue weighted by molar-refractivity contribution is -0.136. The van der Waals surface area contributed by atoms with Crippen LogP contribution >= 0.6 is 0 Å². The van der Waals surface area contributed by atoms with Crippen LogP contribution in [0.4, 0.5) is 14.5 Å². The van der Waals surface area contributed by atoms with Crippen LogP contribution in [-0.2, 0) is 19.6 Å². The maximum absolute atomic E-state index is 14.0. The molecule has 1 aromatic heterocycles. The van der Waals surface area contributed by atoms with Crippen molar-refractivity contribution < 1.29 is 40.7 Å². The number of halogens is 2. The number of carbonyl (C=O) groups is 3. The highest BCUT2D eigenvalue weighted by molar-refractivity contribution is 7.92. The van der Waals surface area contributed by atoms with Crippen LogP contribution in [0.2, 0.25) is 0 Å². The molecule has 1 saturated heterocycles. The molecular weight excluding hydrogens is 512 g/mol. The highest BCUT2D eigenvalue weighted by Gasteiger charge is 2.27. The van der Waals surface area contributed by atoms with E-state index < -0.39 is 45.0 Å². The van der Waals surface area contributed by atoms with E-state index in [0.717, 1.165) is 12.1 Å². The number of hydrogen-bond donors (Lipinski definition) is 1. The van der Waals surface area contributed by atoms with E-state index in [-0.39, 0.29) is 49.1 Å². The number of carbonyl (C=O) groups excluding carboxylic acids is 3. The Labute approximate surface area is 210 Å². The third-order valence-electron chi connectivity index (χ3n) is 5.55. The quantitative estimate of drug-likeness (QED) is 0.463. The fourth-order valence-corrected chi connectivity index (χ4v) is 4.79. The van der Waals surface area contributed by atoms with E-state index in [1.165, 1.54) is 35.4 Å². The highest BCUT2D eigenvalue weighted by Crippen LogP contribution is 2.23. The number of para-hydroxylation sites is 1. The zero-order chi connectivity index (χ0) is 26.6. The molecule has 1 fully saturated rings. The van der Waals surface area contributed by atoms with Crippen LogP contribution in [0.25, 0.3) is 0 Å². The van der Waals surface area contributed by atoms with E-state index in [1.54, 1.807) is 17.0 Å². The summed E-state index contributed by atoms with van der Waals surface area (Å²) in [6.45, 7) is 0.372. The van der Waals surface area contributed by atoms with Crippen LogP contribution in [0.5, 0.6) is 0 Å². The first kappa shape index (κ1) is 25.8. The molecule has 2 aromatic carbocycles. The van der Waals surface area contributed by atoms with Gasteiger partial charge in [-0.1, -0.05) is 12.1 Å². The number of amides is 2. The first-order chi connectivity index (χ1) is 17.7. The fourth-order valence-electron chi connectivity index (χ4n) is 3.65. The van der Waals surface area contributed by atoms with Crippen LogP contribution in [0, 0.1) is 11.6 Å². The lowest BCUT2D eigenvalue weighted by Gasteiger charge is -2.34. The molecule has 0 unspecified atom stereocenters. The van der Waals surface area contributed by atoms with Gasteiger partial charge in [-0.05, 0) is 36.4 Å². The Morgan fingerprint density at radius 2 is 1.65 bits per heavy atom. The SMILES string of the molecule is O=C(OCC(=O)N1CCN(C(=O)c2ccco2)CC1)c1ccccc1NS(=O)(=O)c1ccc(F)cc1F. The molecule has 0 saturated carbocycles. The zero-order valence-electron chi connectivity index (χ0n) is 19.2. The van der Waals surface area contributed by atoms with Crippen molar-refractivity contribution in [1.82, 2.24) is 9.80 Å². The number of nitrogens with zero attached hydrogens (tertiary/aromatic N) is 2. The average Bonchev–Trinajstić information content (AvgIpc) is 3.42. The zero-order valence-corrected chi connectivity index (χ0v) is 20.0. The number of anilines is 1. The second-order valence-corrected chi connectivity index (χ2v) is 9.60. The molecule has 1 aliphatic rings. The van der Waals surface area contributed by atoms with Gasteiger partial charge in [-0.25, -0.2) is 22.0 Å². The van der Waals surface area contributed by atoms with Gasteiger partial charge in [0.15, 0.2) is 12.4 Å². The third-order valence-corrected chi connectivity index (χ3v) is 6.95. The summed E-state index contributed by atoms with van der Waals surface area (Å²) in [6, 6.07) is 10.5. The number of nitrogens with one attached hydrogen (secondary N) is 1. The predicted octanol–water partition coefficient (Wildman–Crippen LogP) is 2.50. The van der Waals surface area contributed by atoms with Gasteiger partial charge in [-0.3, -0.25) is 14.3 Å². The number of sulfonamides is 1. The molecule has 37 heavy (non-hydrogen) atoms. The Kier molecular flexibility index (Phi) is 7.53. The summed E-state index contributed by atoms with van der Waals surface area (Å²) in [7, 11) is -4.51. The first-order valence-electron chi connectivity index (χ1n) is 11.0. The van der Waals surface area contributed by atoms with Gasteiger partial charge in [-0.2, -0.15) is 0 Å². The van der Waals surface area contributed by atoms with E-state index >= 15 is 0 Å². The smallest absolute Gasteiger partial charge is 0.340 e. The maximum Gasteiger partial charge on any atom is 0.340 e. The molecule has 0 spiro atoms. The van der Waals surface area contributed by atoms with Crippen molar-refractivity contribution >= 4 is 33.5 Å². The number of piperazine rings is 1. The van der Waals surface area contributed by atoms with Crippen molar-refractivity contribution in [3.8, 4) is 0 Å². The third kappa shape index (κ3) is 5.94. The van der Waals surface area contributed by atoms with Crippen molar-refractivity contribution in [1.29, 1.82) is 0 Å². The lowest BCUT2D eigenvalue weighted by Crippen LogP contribution is -2.51. The van der Waals surface area contributed by atoms with Gasteiger partial charge >= 0.3 is 5.97 Å². The largest absolute Gasteiger partial charge is 0.459 e. The topological polar surface area (TPSA) is 126 Å². The molecule has 13 heteroatoms. The van der Waals surface area contributed by atoms with Gasteiger partial charge in [0.25, 0.3) is 21.8 Å². The van der Waals surface area contributed by atoms with Crippen LogP contribution in [0.15, 0.2) is 70.2 Å². The Hall–Kier alpha value is -4.26. The summed E-state index contributed by atoms with van der Waals surface area (Å²) in [5.41, 5.74) is -0.427. The summed E-state index contributed by atoms with van der Waals surface area (Å²) in [5.74, 6) is -3.82. The number of esters is 1. The molecule has 2 heterocycles. The van der Waals surface area contributed by atoms with Crippen molar-refractivity contribution in [2.75, 3.05) is 37.5 Å². The van der Waals surface area contributed by atoms with Crippen molar-refractivity contribution in [2.45, 2.75) is 4.90 Å². The number of furan rings is 1. The molecule has 3 aromatic rings. The van der Waals surface area contributed by atoms with Crippen molar-refractivity contribution in [2.24, 2.45) is 0 Å². The molecule has 0 atom stereocenters. The lowest BCUT2D eigenvalue weighted by atomic mass is 10.2. The maximum atomic E-state index is 14.0. The summed E-state index contributed by atoms with van der Waals surface area (Å²) in [5, 5.41) is 0. The summed E-state index contributed by atoms with van der Waals surface area (Å²) >= 11 is 0. The monoisotopic (exact) mass is 533 g/mol. The second kappa shape index (κ2) is 10.8. The molecule has 2 amide bonds. The molecule has 1 aliphatic heterocycles. The number of rotatable bonds is 7. The standard InChI is InChI=1S/C24H21F2N3O7S/c25-16-7-8-21(18(26)14-16)37(33,34)27-19-5-2-1-4-17(19)24(32)36-15-22(30)28-9-11-29(12-10-28)23(31)20-6-3-13-35-20/h1-8,13-14,27H,9-12,15H2. The fraction of sp³-hybridized carbons (Fsp3) is 0.208. The van der Waals surface area contributed by atoms with Gasteiger partial charge in [0.1, 0.15) is 16.5 Å². The average molecular weight is 534 g/mol. The summed E-state index contributed by atoms with van der Waals surface area (Å²) < 4.78 is 64.7. The minimum absolute atomic E-state index is 0.199. The molecule has 4 rings (SSSR count). The Balaban J connectivity index is 1.35. The van der Waals surface area contributed by atoms with Crippen molar-refractivity contribution in [3.05, 3.63) is 83.8 Å². The molecule has 194 valence electrons. The van der Waals surface area contributed by atoms with Gasteiger partial charge < -0.3 is 19.0 Å². The van der Waals surface area contributed by atoms with Crippen LogP contribution < -0.4 is 4.72 Å². The first-order valence-corrected chi connectivity index (χ1v) is 12.5. The van der Waals surface area contributed by atoms with E-state index in [2.05, 4.69) is 4.72 Å². The van der Waals surface area contributed by atoms with E-state index in [1.807, 2.05) is 0 Å². The molecule has 0 radical (unpaired) electrons. The van der Waals surface area contributed by atoms with Gasteiger partial charge in [0.2, 0.25) is 0 Å². The van der Waals surface area contributed by atoms with Crippen LogP contribution in [-0.4, -0.2) is 68.8 Å². The van der Waals surface area contributed by atoms with Crippen LogP contribution in [0.3, 0.4) is 0 Å². The number of benzene rings is 2. The van der Waals surface area contributed by atoms with Gasteiger partial charge in [-0.15, -0.1) is 0 Å². The van der Waals surface area contributed by atoms with E-state index in [0.29, 0.717) is 6.07 Å². The van der Waals surface area contributed by atoms with Crippen LogP contribution in [0.1, 0.15) is 20.9 Å². The van der Waals surface area contributed by atoms with Gasteiger partial charge in [0, 0.05) is 32.2 Å². The minimum Gasteiger partial charge on any atom is -0.459 e. The number of hydrogen-bond acceptors (Lipinski definition) is 7. The number of ether oxygens (including phenoxy) is 1. The molecule has 0 aliphatic carbocycles. The predicted molar refractivity (Wildman–Crippen MR) is 125 cm³/mol. The Morgan fingerprint density at radius 1 is 0.946 bits per heavy atom. The minimum atomic E-state index is -4.51. The molecule has 10 nitrogen and oxygen atoms in total. The van der Waals surface area contributed by atoms with E-state index in [4.69, 9.17) is 9.15 Å².